The third kappa shape index (κ3) is 3.35. The molecule has 0 fully saturated rings. The van der Waals surface area contributed by atoms with Gasteiger partial charge in [0.05, 0.1) is 29.8 Å². The standard InChI is InChI=1S/C18H14F3N3O/c19-18(20,21)14-3-1-2-12(6-14)10-24-16-7-11(9-22)4-5-13(16)8-15(23)17(24)25/h1-7,15H,8,10,23H2/t15-/m1/s1. The van der Waals surface area contributed by atoms with Gasteiger partial charge in [-0.3, -0.25) is 4.79 Å². The molecule has 0 bridgehead atoms. The second-order valence-electron chi connectivity index (χ2n) is 5.89. The third-order valence-electron chi connectivity index (χ3n) is 4.12. The topological polar surface area (TPSA) is 70.1 Å². The lowest BCUT2D eigenvalue weighted by Crippen LogP contribution is -2.48. The van der Waals surface area contributed by atoms with E-state index in [1.807, 2.05) is 6.07 Å². The maximum Gasteiger partial charge on any atom is 0.416 e. The largest absolute Gasteiger partial charge is 0.416 e. The number of nitrogens with two attached hydrogens (primary N) is 1. The van der Waals surface area contributed by atoms with E-state index in [1.54, 1.807) is 18.2 Å². The molecule has 2 aromatic carbocycles. The molecule has 25 heavy (non-hydrogen) atoms. The zero-order valence-corrected chi connectivity index (χ0v) is 13.0. The second kappa shape index (κ2) is 6.22. The van der Waals surface area contributed by atoms with Crippen LogP contribution in [-0.2, 0) is 23.9 Å². The normalized spacial score (nSPS) is 17.2. The van der Waals surface area contributed by atoms with Crippen LogP contribution < -0.4 is 10.6 Å². The Kier molecular flexibility index (Phi) is 4.23. The highest BCUT2D eigenvalue weighted by Gasteiger charge is 2.33. The number of halogens is 3. The summed E-state index contributed by atoms with van der Waals surface area (Å²) < 4.78 is 38.7. The first kappa shape index (κ1) is 17.0. The minimum atomic E-state index is -4.45. The molecule has 1 atom stereocenters. The van der Waals surface area contributed by atoms with E-state index in [-0.39, 0.29) is 12.5 Å². The summed E-state index contributed by atoms with van der Waals surface area (Å²) in [4.78, 5) is 13.8. The van der Waals surface area contributed by atoms with Crippen LogP contribution in [0.25, 0.3) is 0 Å². The molecule has 1 aliphatic heterocycles. The molecule has 1 heterocycles. The summed E-state index contributed by atoms with van der Waals surface area (Å²) in [7, 11) is 0. The van der Waals surface area contributed by atoms with Crippen LogP contribution in [0.5, 0.6) is 0 Å². The van der Waals surface area contributed by atoms with Crippen molar-refractivity contribution in [1.29, 1.82) is 5.26 Å². The molecule has 7 heteroatoms. The molecule has 2 aromatic rings. The van der Waals surface area contributed by atoms with Gasteiger partial charge >= 0.3 is 6.18 Å². The maximum absolute atomic E-state index is 12.9. The van der Waals surface area contributed by atoms with Crippen molar-refractivity contribution in [2.45, 2.75) is 25.2 Å². The van der Waals surface area contributed by atoms with Crippen LogP contribution in [0.15, 0.2) is 42.5 Å². The Morgan fingerprint density at radius 3 is 2.68 bits per heavy atom. The molecule has 0 aliphatic carbocycles. The van der Waals surface area contributed by atoms with Gasteiger partial charge in [0.15, 0.2) is 0 Å². The van der Waals surface area contributed by atoms with Crippen LogP contribution in [-0.4, -0.2) is 11.9 Å². The fourth-order valence-corrected chi connectivity index (χ4v) is 2.89. The van der Waals surface area contributed by atoms with Gasteiger partial charge in [-0.2, -0.15) is 18.4 Å². The van der Waals surface area contributed by atoms with E-state index < -0.39 is 17.8 Å². The summed E-state index contributed by atoms with van der Waals surface area (Å²) in [6, 6.07) is 11.0. The first-order valence-corrected chi connectivity index (χ1v) is 7.55. The van der Waals surface area contributed by atoms with Crippen LogP contribution in [0.3, 0.4) is 0 Å². The van der Waals surface area contributed by atoms with Gasteiger partial charge in [0.1, 0.15) is 0 Å². The van der Waals surface area contributed by atoms with E-state index in [0.29, 0.717) is 23.2 Å². The Bertz CT molecular complexity index is 871. The van der Waals surface area contributed by atoms with Crippen molar-refractivity contribution < 1.29 is 18.0 Å². The summed E-state index contributed by atoms with van der Waals surface area (Å²) in [6.07, 6.45) is -4.12. The quantitative estimate of drug-likeness (QED) is 0.910. The number of carbonyl (C=O) groups is 1. The molecule has 128 valence electrons. The predicted octanol–water partition coefficient (Wildman–Crippen LogP) is 2.99. The second-order valence-corrected chi connectivity index (χ2v) is 5.89. The molecule has 0 saturated carbocycles. The fourth-order valence-electron chi connectivity index (χ4n) is 2.89. The molecule has 4 nitrogen and oxygen atoms in total. The Hall–Kier alpha value is -2.85. The minimum absolute atomic E-state index is 0.0433. The first-order valence-electron chi connectivity index (χ1n) is 7.55. The molecule has 1 amide bonds. The van der Waals surface area contributed by atoms with Crippen LogP contribution in [0.4, 0.5) is 18.9 Å². The molecule has 0 saturated heterocycles. The van der Waals surface area contributed by atoms with Crippen molar-refractivity contribution >= 4 is 11.6 Å². The maximum atomic E-state index is 12.9. The van der Waals surface area contributed by atoms with Crippen molar-refractivity contribution in [2.24, 2.45) is 5.73 Å². The number of alkyl halides is 3. The van der Waals surface area contributed by atoms with Gasteiger partial charge in [-0.15, -0.1) is 0 Å². The van der Waals surface area contributed by atoms with Gasteiger partial charge in [0, 0.05) is 5.69 Å². The van der Waals surface area contributed by atoms with Crippen LogP contribution >= 0.6 is 0 Å². The van der Waals surface area contributed by atoms with Gasteiger partial charge in [0.25, 0.3) is 0 Å². The van der Waals surface area contributed by atoms with Crippen molar-refractivity contribution in [3.63, 3.8) is 0 Å². The molecule has 0 unspecified atom stereocenters. The highest BCUT2D eigenvalue weighted by atomic mass is 19.4. The van der Waals surface area contributed by atoms with Crippen molar-refractivity contribution in [1.82, 2.24) is 0 Å². The number of fused-ring (bicyclic) bond motifs is 1. The minimum Gasteiger partial charge on any atom is -0.320 e. The molecule has 1 aliphatic rings. The number of nitriles is 1. The summed E-state index contributed by atoms with van der Waals surface area (Å²) in [5.74, 6) is -0.375. The Balaban J connectivity index is 2.00. The number of benzene rings is 2. The number of carbonyl (C=O) groups excluding carboxylic acids is 1. The van der Waals surface area contributed by atoms with Gasteiger partial charge in [-0.05, 0) is 41.8 Å². The number of nitrogens with zero attached hydrogens (tertiary/aromatic N) is 2. The van der Waals surface area contributed by atoms with E-state index in [4.69, 9.17) is 11.0 Å². The van der Waals surface area contributed by atoms with Crippen molar-refractivity contribution in [3.05, 3.63) is 64.7 Å². The monoisotopic (exact) mass is 345 g/mol. The number of hydrogen-bond donors (Lipinski definition) is 1. The van der Waals surface area contributed by atoms with Crippen LogP contribution in [0.1, 0.15) is 22.3 Å². The number of rotatable bonds is 2. The Morgan fingerprint density at radius 2 is 2.00 bits per heavy atom. The lowest BCUT2D eigenvalue weighted by molar-refractivity contribution is -0.137. The molecule has 0 aromatic heterocycles. The summed E-state index contributed by atoms with van der Waals surface area (Å²) in [5.41, 5.74) is 7.11. The number of hydrogen-bond acceptors (Lipinski definition) is 3. The fraction of sp³-hybridized carbons (Fsp3) is 0.222. The van der Waals surface area contributed by atoms with E-state index >= 15 is 0 Å². The third-order valence-corrected chi connectivity index (χ3v) is 4.12. The van der Waals surface area contributed by atoms with Crippen molar-refractivity contribution in [2.75, 3.05) is 4.90 Å². The van der Waals surface area contributed by atoms with E-state index in [1.165, 1.54) is 17.0 Å². The zero-order valence-electron chi connectivity index (χ0n) is 13.0. The van der Waals surface area contributed by atoms with E-state index in [0.717, 1.165) is 17.7 Å². The molecular formula is C18H14F3N3O. The Labute approximate surface area is 142 Å². The number of amides is 1. The Morgan fingerprint density at radius 1 is 1.24 bits per heavy atom. The highest BCUT2D eigenvalue weighted by molar-refractivity contribution is 6.00. The molecule has 0 spiro atoms. The average Bonchev–Trinajstić information content (AvgIpc) is 2.58. The molecule has 2 N–H and O–H groups in total. The van der Waals surface area contributed by atoms with Crippen molar-refractivity contribution in [3.8, 4) is 6.07 Å². The van der Waals surface area contributed by atoms with Crippen LogP contribution in [0.2, 0.25) is 0 Å². The summed E-state index contributed by atoms with van der Waals surface area (Å²) in [6.45, 7) is -0.0433. The summed E-state index contributed by atoms with van der Waals surface area (Å²) in [5, 5.41) is 9.06. The van der Waals surface area contributed by atoms with Gasteiger partial charge < -0.3 is 10.6 Å². The van der Waals surface area contributed by atoms with E-state index in [2.05, 4.69) is 0 Å². The molecule has 0 radical (unpaired) electrons. The lowest BCUT2D eigenvalue weighted by atomic mass is 9.95. The summed E-state index contributed by atoms with van der Waals surface area (Å²) >= 11 is 0. The predicted molar refractivity (Wildman–Crippen MR) is 85.5 cm³/mol. The highest BCUT2D eigenvalue weighted by Crippen LogP contribution is 2.32. The van der Waals surface area contributed by atoms with Gasteiger partial charge in [0.2, 0.25) is 5.91 Å². The van der Waals surface area contributed by atoms with E-state index in [9.17, 15) is 18.0 Å². The van der Waals surface area contributed by atoms with Gasteiger partial charge in [-0.1, -0.05) is 18.2 Å². The smallest absolute Gasteiger partial charge is 0.320 e. The van der Waals surface area contributed by atoms with Crippen LogP contribution in [0, 0.1) is 11.3 Å². The average molecular weight is 345 g/mol. The SMILES string of the molecule is N#Cc1ccc2c(c1)N(Cc1cccc(C(F)(F)F)c1)C(=O)[C@H](N)C2. The van der Waals surface area contributed by atoms with Gasteiger partial charge in [-0.25, -0.2) is 0 Å². The zero-order chi connectivity index (χ0) is 18.2. The molecular weight excluding hydrogens is 331 g/mol. The number of anilines is 1. The lowest BCUT2D eigenvalue weighted by Gasteiger charge is -2.33. The molecule has 3 rings (SSSR count). The first-order chi connectivity index (χ1) is 11.8.